The topological polar surface area (TPSA) is 97.0 Å². The zero-order valence-electron chi connectivity index (χ0n) is 15.3. The van der Waals surface area contributed by atoms with Gasteiger partial charge in [0.05, 0.1) is 30.5 Å². The lowest BCUT2D eigenvalue weighted by molar-refractivity contribution is 0.168. The number of amides is 1. The molecule has 0 aliphatic carbocycles. The van der Waals surface area contributed by atoms with Crippen molar-refractivity contribution in [3.05, 3.63) is 82.1 Å². The Morgan fingerprint density at radius 3 is 2.68 bits per heavy atom. The predicted molar refractivity (Wildman–Crippen MR) is 105 cm³/mol. The zero-order valence-corrected chi connectivity index (χ0v) is 15.3. The standard InChI is InChI=1S/C21H18N4O3/c1-2-28-21(27)23-18-5-3-4-16(12-18)14-25-20(26)11-10-19(24-25)17-8-6-15(13-22)7-9-17/h3-12H,2,14H2,1H3,(H,23,27). The summed E-state index contributed by atoms with van der Waals surface area (Å²) >= 11 is 0. The minimum atomic E-state index is -0.530. The number of anilines is 1. The largest absolute Gasteiger partial charge is 0.450 e. The zero-order chi connectivity index (χ0) is 19.9. The van der Waals surface area contributed by atoms with Crippen molar-refractivity contribution >= 4 is 11.8 Å². The number of carbonyl (C=O) groups excluding carboxylic acids is 1. The van der Waals surface area contributed by atoms with E-state index in [1.165, 1.54) is 10.7 Å². The fraction of sp³-hybridized carbons (Fsp3) is 0.143. The highest BCUT2D eigenvalue weighted by Gasteiger charge is 2.07. The number of nitriles is 1. The molecule has 1 heterocycles. The molecule has 0 spiro atoms. The molecule has 0 atom stereocenters. The van der Waals surface area contributed by atoms with Crippen LogP contribution in [0.25, 0.3) is 11.3 Å². The quantitative estimate of drug-likeness (QED) is 0.738. The Kier molecular flexibility index (Phi) is 5.82. The number of ether oxygens (including phenoxy) is 1. The first-order valence-corrected chi connectivity index (χ1v) is 8.70. The Labute approximate surface area is 161 Å². The molecule has 0 aliphatic heterocycles. The molecule has 1 aromatic heterocycles. The summed E-state index contributed by atoms with van der Waals surface area (Å²) in [7, 11) is 0. The van der Waals surface area contributed by atoms with Crippen molar-refractivity contribution in [2.45, 2.75) is 13.5 Å². The Hall–Kier alpha value is -3.92. The molecular weight excluding hydrogens is 356 g/mol. The van der Waals surface area contributed by atoms with Gasteiger partial charge in [0.1, 0.15) is 0 Å². The second kappa shape index (κ2) is 8.64. The van der Waals surface area contributed by atoms with Crippen LogP contribution in [-0.4, -0.2) is 22.5 Å². The summed E-state index contributed by atoms with van der Waals surface area (Å²) < 4.78 is 6.22. The van der Waals surface area contributed by atoms with Gasteiger partial charge in [-0.3, -0.25) is 10.1 Å². The summed E-state index contributed by atoms with van der Waals surface area (Å²) in [6, 6.07) is 19.3. The lowest BCUT2D eigenvalue weighted by Crippen LogP contribution is -2.23. The van der Waals surface area contributed by atoms with Crippen molar-refractivity contribution in [1.29, 1.82) is 5.26 Å². The molecule has 0 bridgehead atoms. The van der Waals surface area contributed by atoms with Crippen LogP contribution in [0.1, 0.15) is 18.1 Å². The normalized spacial score (nSPS) is 10.1. The number of benzene rings is 2. The molecular formula is C21H18N4O3. The summed E-state index contributed by atoms with van der Waals surface area (Å²) in [6.45, 7) is 2.27. The molecule has 0 saturated heterocycles. The van der Waals surface area contributed by atoms with E-state index in [2.05, 4.69) is 16.5 Å². The van der Waals surface area contributed by atoms with Gasteiger partial charge >= 0.3 is 6.09 Å². The van der Waals surface area contributed by atoms with Gasteiger partial charge in [0.15, 0.2) is 0 Å². The van der Waals surface area contributed by atoms with Crippen LogP contribution < -0.4 is 10.9 Å². The minimum Gasteiger partial charge on any atom is -0.450 e. The van der Waals surface area contributed by atoms with E-state index in [1.807, 2.05) is 6.07 Å². The molecule has 0 aliphatic rings. The molecule has 0 saturated carbocycles. The van der Waals surface area contributed by atoms with E-state index in [0.29, 0.717) is 16.9 Å². The molecule has 7 heteroatoms. The fourth-order valence-electron chi connectivity index (χ4n) is 2.64. The van der Waals surface area contributed by atoms with Crippen molar-refractivity contribution in [2.75, 3.05) is 11.9 Å². The number of carbonyl (C=O) groups is 1. The average molecular weight is 374 g/mol. The first-order valence-electron chi connectivity index (χ1n) is 8.70. The lowest BCUT2D eigenvalue weighted by atomic mass is 10.1. The van der Waals surface area contributed by atoms with Gasteiger partial charge in [0.2, 0.25) is 0 Å². The molecule has 0 unspecified atom stereocenters. The van der Waals surface area contributed by atoms with Gasteiger partial charge in [-0.25, -0.2) is 9.48 Å². The Bertz CT molecular complexity index is 1080. The van der Waals surface area contributed by atoms with Gasteiger partial charge < -0.3 is 4.74 Å². The summed E-state index contributed by atoms with van der Waals surface area (Å²) in [4.78, 5) is 23.8. The Morgan fingerprint density at radius 1 is 1.18 bits per heavy atom. The summed E-state index contributed by atoms with van der Waals surface area (Å²) in [5.74, 6) is 0. The van der Waals surface area contributed by atoms with E-state index in [4.69, 9.17) is 10.00 Å². The van der Waals surface area contributed by atoms with Gasteiger partial charge in [-0.15, -0.1) is 0 Å². The lowest BCUT2D eigenvalue weighted by Gasteiger charge is -2.10. The maximum atomic E-state index is 12.2. The molecule has 1 N–H and O–H groups in total. The highest BCUT2D eigenvalue weighted by Crippen LogP contribution is 2.17. The van der Waals surface area contributed by atoms with Crippen LogP contribution in [0.4, 0.5) is 10.5 Å². The van der Waals surface area contributed by atoms with Crippen LogP contribution in [0.3, 0.4) is 0 Å². The monoisotopic (exact) mass is 374 g/mol. The summed E-state index contributed by atoms with van der Waals surface area (Å²) in [5.41, 5.74) is 3.15. The molecule has 7 nitrogen and oxygen atoms in total. The third-order valence-corrected chi connectivity index (χ3v) is 3.96. The second-order valence-corrected chi connectivity index (χ2v) is 5.95. The number of aromatic nitrogens is 2. The molecule has 140 valence electrons. The second-order valence-electron chi connectivity index (χ2n) is 5.95. The van der Waals surface area contributed by atoms with Crippen LogP contribution in [0.2, 0.25) is 0 Å². The van der Waals surface area contributed by atoms with Crippen molar-refractivity contribution in [3.63, 3.8) is 0 Å². The Balaban J connectivity index is 1.83. The molecule has 1 amide bonds. The van der Waals surface area contributed by atoms with Gasteiger partial charge in [-0.2, -0.15) is 10.4 Å². The van der Waals surface area contributed by atoms with Crippen LogP contribution in [-0.2, 0) is 11.3 Å². The van der Waals surface area contributed by atoms with Gasteiger partial charge in [0.25, 0.3) is 5.56 Å². The highest BCUT2D eigenvalue weighted by molar-refractivity contribution is 5.84. The summed E-state index contributed by atoms with van der Waals surface area (Å²) in [6.07, 6.45) is -0.530. The average Bonchev–Trinajstić information content (AvgIpc) is 2.70. The van der Waals surface area contributed by atoms with Gasteiger partial charge in [0, 0.05) is 17.3 Å². The minimum absolute atomic E-state index is 0.235. The molecule has 0 fully saturated rings. The SMILES string of the molecule is CCOC(=O)Nc1cccc(Cn2nc(-c3ccc(C#N)cc3)ccc2=O)c1. The van der Waals surface area contributed by atoms with E-state index >= 15 is 0 Å². The number of nitrogens with one attached hydrogen (secondary N) is 1. The van der Waals surface area contributed by atoms with Crippen LogP contribution in [0.15, 0.2) is 65.5 Å². The maximum Gasteiger partial charge on any atom is 0.411 e. The van der Waals surface area contributed by atoms with E-state index in [-0.39, 0.29) is 18.7 Å². The van der Waals surface area contributed by atoms with Crippen LogP contribution >= 0.6 is 0 Å². The van der Waals surface area contributed by atoms with Crippen molar-refractivity contribution < 1.29 is 9.53 Å². The van der Waals surface area contributed by atoms with E-state index < -0.39 is 6.09 Å². The summed E-state index contributed by atoms with van der Waals surface area (Å²) in [5, 5.41) is 16.0. The predicted octanol–water partition coefficient (Wildman–Crippen LogP) is 3.40. The molecule has 0 radical (unpaired) electrons. The molecule has 3 rings (SSSR count). The third kappa shape index (κ3) is 4.62. The number of rotatable bonds is 5. The third-order valence-electron chi connectivity index (χ3n) is 3.96. The number of hydrogen-bond donors (Lipinski definition) is 1. The van der Waals surface area contributed by atoms with Crippen molar-refractivity contribution in [3.8, 4) is 17.3 Å². The maximum absolute atomic E-state index is 12.2. The first-order chi connectivity index (χ1) is 13.6. The van der Waals surface area contributed by atoms with E-state index in [9.17, 15) is 9.59 Å². The van der Waals surface area contributed by atoms with Crippen LogP contribution in [0, 0.1) is 11.3 Å². The molecule has 28 heavy (non-hydrogen) atoms. The Morgan fingerprint density at radius 2 is 1.96 bits per heavy atom. The van der Waals surface area contributed by atoms with E-state index in [0.717, 1.165) is 11.1 Å². The van der Waals surface area contributed by atoms with E-state index in [1.54, 1.807) is 55.5 Å². The highest BCUT2D eigenvalue weighted by atomic mass is 16.5. The number of nitrogens with zero attached hydrogens (tertiary/aromatic N) is 3. The van der Waals surface area contributed by atoms with Crippen molar-refractivity contribution in [2.24, 2.45) is 0 Å². The fourth-order valence-corrected chi connectivity index (χ4v) is 2.64. The van der Waals surface area contributed by atoms with Crippen LogP contribution in [0.5, 0.6) is 0 Å². The molecule has 2 aromatic carbocycles. The number of hydrogen-bond acceptors (Lipinski definition) is 5. The first kappa shape index (κ1) is 18.9. The van der Waals surface area contributed by atoms with Gasteiger partial charge in [-0.1, -0.05) is 24.3 Å². The smallest absolute Gasteiger partial charge is 0.411 e. The molecule has 3 aromatic rings. The van der Waals surface area contributed by atoms with Gasteiger partial charge in [-0.05, 0) is 42.8 Å². The van der Waals surface area contributed by atoms with Crippen molar-refractivity contribution in [1.82, 2.24) is 9.78 Å².